The molecular formula is C24H27N5O3. The van der Waals surface area contributed by atoms with Crippen LogP contribution in [0.2, 0.25) is 0 Å². The SMILES string of the molecule is CCN(Cc1ccccc1)C(=O)CNC(=O)c1cccc(NC(=O)CCn2ccnc2)c1. The number of rotatable bonds is 10. The van der Waals surface area contributed by atoms with E-state index in [0.717, 1.165) is 5.56 Å². The van der Waals surface area contributed by atoms with Crippen molar-refractivity contribution in [2.75, 3.05) is 18.4 Å². The summed E-state index contributed by atoms with van der Waals surface area (Å²) < 4.78 is 1.82. The number of aryl methyl sites for hydroxylation is 1. The van der Waals surface area contributed by atoms with Crippen LogP contribution in [0.3, 0.4) is 0 Å². The van der Waals surface area contributed by atoms with E-state index in [-0.39, 0.29) is 30.7 Å². The van der Waals surface area contributed by atoms with E-state index >= 15 is 0 Å². The fourth-order valence-corrected chi connectivity index (χ4v) is 3.16. The lowest BCUT2D eigenvalue weighted by Gasteiger charge is -2.21. The van der Waals surface area contributed by atoms with Gasteiger partial charge in [-0.15, -0.1) is 0 Å². The van der Waals surface area contributed by atoms with Crippen LogP contribution in [0.5, 0.6) is 0 Å². The van der Waals surface area contributed by atoms with Crippen LogP contribution < -0.4 is 10.6 Å². The van der Waals surface area contributed by atoms with E-state index in [1.54, 1.807) is 47.9 Å². The minimum atomic E-state index is -0.372. The van der Waals surface area contributed by atoms with E-state index in [2.05, 4.69) is 15.6 Å². The first-order valence-corrected chi connectivity index (χ1v) is 10.5. The molecule has 1 aromatic heterocycles. The summed E-state index contributed by atoms with van der Waals surface area (Å²) in [6, 6.07) is 16.4. The van der Waals surface area contributed by atoms with Crippen LogP contribution in [-0.4, -0.2) is 45.3 Å². The summed E-state index contributed by atoms with van der Waals surface area (Å²) in [5.74, 6) is -0.691. The summed E-state index contributed by atoms with van der Waals surface area (Å²) in [4.78, 5) is 42.9. The maximum absolute atomic E-state index is 12.5. The second-order valence-electron chi connectivity index (χ2n) is 7.26. The van der Waals surface area contributed by atoms with Gasteiger partial charge in [0, 0.05) is 49.7 Å². The average molecular weight is 434 g/mol. The van der Waals surface area contributed by atoms with Crippen LogP contribution >= 0.6 is 0 Å². The van der Waals surface area contributed by atoms with E-state index in [0.29, 0.717) is 30.9 Å². The number of likely N-dealkylation sites (N-methyl/N-ethyl adjacent to an activating group) is 1. The fraction of sp³-hybridized carbons (Fsp3) is 0.250. The number of nitrogens with one attached hydrogen (secondary N) is 2. The van der Waals surface area contributed by atoms with Gasteiger partial charge in [-0.05, 0) is 30.7 Å². The fourth-order valence-electron chi connectivity index (χ4n) is 3.16. The zero-order valence-corrected chi connectivity index (χ0v) is 18.0. The maximum atomic E-state index is 12.5. The molecule has 0 aliphatic heterocycles. The van der Waals surface area contributed by atoms with E-state index < -0.39 is 0 Å². The highest BCUT2D eigenvalue weighted by atomic mass is 16.2. The average Bonchev–Trinajstić information content (AvgIpc) is 3.34. The number of amides is 3. The first kappa shape index (κ1) is 22.7. The van der Waals surface area contributed by atoms with Gasteiger partial charge in [0.2, 0.25) is 11.8 Å². The van der Waals surface area contributed by atoms with Crippen molar-refractivity contribution in [1.82, 2.24) is 19.8 Å². The Morgan fingerprint density at radius 3 is 2.59 bits per heavy atom. The van der Waals surface area contributed by atoms with Crippen LogP contribution in [0, 0.1) is 0 Å². The van der Waals surface area contributed by atoms with Crippen molar-refractivity contribution >= 4 is 23.4 Å². The summed E-state index contributed by atoms with van der Waals surface area (Å²) in [6.07, 6.45) is 5.39. The molecule has 0 aliphatic rings. The monoisotopic (exact) mass is 433 g/mol. The molecule has 0 fully saturated rings. The third kappa shape index (κ3) is 6.80. The van der Waals surface area contributed by atoms with Gasteiger partial charge >= 0.3 is 0 Å². The Labute approximate surface area is 187 Å². The van der Waals surface area contributed by atoms with E-state index in [1.165, 1.54) is 0 Å². The summed E-state index contributed by atoms with van der Waals surface area (Å²) in [6.45, 7) is 3.37. The number of carbonyl (C=O) groups is 3. The van der Waals surface area contributed by atoms with Crippen molar-refractivity contribution < 1.29 is 14.4 Å². The predicted molar refractivity (Wildman–Crippen MR) is 122 cm³/mol. The summed E-state index contributed by atoms with van der Waals surface area (Å²) >= 11 is 0. The van der Waals surface area contributed by atoms with Gasteiger partial charge in [0.05, 0.1) is 12.9 Å². The molecule has 3 aromatic rings. The van der Waals surface area contributed by atoms with E-state index in [9.17, 15) is 14.4 Å². The Morgan fingerprint density at radius 1 is 1.06 bits per heavy atom. The Bertz CT molecular complexity index is 1030. The number of carbonyl (C=O) groups excluding carboxylic acids is 3. The van der Waals surface area contributed by atoms with Crippen molar-refractivity contribution in [3.63, 3.8) is 0 Å². The maximum Gasteiger partial charge on any atom is 0.251 e. The van der Waals surface area contributed by atoms with Crippen LogP contribution in [0.4, 0.5) is 5.69 Å². The molecule has 3 rings (SSSR count). The van der Waals surface area contributed by atoms with Gasteiger partial charge in [0.1, 0.15) is 0 Å². The van der Waals surface area contributed by atoms with Gasteiger partial charge in [0.15, 0.2) is 0 Å². The number of aromatic nitrogens is 2. The number of hydrogen-bond donors (Lipinski definition) is 2. The van der Waals surface area contributed by atoms with Crippen molar-refractivity contribution in [2.45, 2.75) is 26.4 Å². The molecule has 166 valence electrons. The lowest BCUT2D eigenvalue weighted by atomic mass is 10.2. The zero-order chi connectivity index (χ0) is 22.8. The van der Waals surface area contributed by atoms with Crippen molar-refractivity contribution in [3.05, 3.63) is 84.4 Å². The van der Waals surface area contributed by atoms with Crippen LogP contribution in [-0.2, 0) is 22.7 Å². The zero-order valence-electron chi connectivity index (χ0n) is 18.0. The van der Waals surface area contributed by atoms with Gasteiger partial charge in [-0.2, -0.15) is 0 Å². The molecule has 0 atom stereocenters. The van der Waals surface area contributed by atoms with E-state index in [4.69, 9.17) is 0 Å². The third-order valence-corrected chi connectivity index (χ3v) is 4.92. The quantitative estimate of drug-likeness (QED) is 0.514. The minimum absolute atomic E-state index is 0.0962. The van der Waals surface area contributed by atoms with Gasteiger partial charge < -0.3 is 20.1 Å². The predicted octanol–water partition coefficient (Wildman–Crippen LogP) is 2.69. The number of hydrogen-bond acceptors (Lipinski definition) is 4. The molecule has 8 nitrogen and oxygen atoms in total. The molecule has 32 heavy (non-hydrogen) atoms. The lowest BCUT2D eigenvalue weighted by molar-refractivity contribution is -0.130. The number of imidazole rings is 1. The van der Waals surface area contributed by atoms with Crippen LogP contribution in [0.25, 0.3) is 0 Å². The molecular weight excluding hydrogens is 406 g/mol. The van der Waals surface area contributed by atoms with Crippen molar-refractivity contribution in [1.29, 1.82) is 0 Å². The summed E-state index contributed by atoms with van der Waals surface area (Å²) in [5.41, 5.74) is 1.93. The van der Waals surface area contributed by atoms with Gasteiger partial charge in [0.25, 0.3) is 5.91 Å². The minimum Gasteiger partial charge on any atom is -0.343 e. The molecule has 3 amide bonds. The standard InChI is InChI=1S/C24H27N5O3/c1-2-29(17-19-7-4-3-5-8-19)23(31)16-26-24(32)20-9-6-10-21(15-20)27-22(30)11-13-28-14-12-25-18-28/h3-10,12,14-15,18H,2,11,13,16-17H2,1H3,(H,26,32)(H,27,30). The van der Waals surface area contributed by atoms with Crippen molar-refractivity contribution in [2.24, 2.45) is 0 Å². The van der Waals surface area contributed by atoms with Crippen LogP contribution in [0.15, 0.2) is 73.3 Å². The molecule has 8 heteroatoms. The smallest absolute Gasteiger partial charge is 0.251 e. The highest BCUT2D eigenvalue weighted by Gasteiger charge is 2.14. The Hall–Kier alpha value is -3.94. The summed E-state index contributed by atoms with van der Waals surface area (Å²) in [5, 5.41) is 5.46. The van der Waals surface area contributed by atoms with Crippen molar-refractivity contribution in [3.8, 4) is 0 Å². The molecule has 0 bridgehead atoms. The van der Waals surface area contributed by atoms with Crippen LogP contribution in [0.1, 0.15) is 29.3 Å². The highest BCUT2D eigenvalue weighted by Crippen LogP contribution is 2.11. The van der Waals surface area contributed by atoms with Gasteiger partial charge in [-0.1, -0.05) is 36.4 Å². The molecule has 2 N–H and O–H groups in total. The normalized spacial score (nSPS) is 10.4. The highest BCUT2D eigenvalue weighted by molar-refractivity contribution is 5.98. The van der Waals surface area contributed by atoms with E-state index in [1.807, 2.05) is 41.8 Å². The van der Waals surface area contributed by atoms with Gasteiger partial charge in [-0.25, -0.2) is 4.98 Å². The number of anilines is 1. The Balaban J connectivity index is 1.50. The Kier molecular flexibility index (Phi) is 8.14. The molecule has 0 saturated heterocycles. The first-order chi connectivity index (χ1) is 15.5. The first-order valence-electron chi connectivity index (χ1n) is 10.5. The second-order valence-corrected chi connectivity index (χ2v) is 7.26. The summed E-state index contributed by atoms with van der Waals surface area (Å²) in [7, 11) is 0. The molecule has 1 heterocycles. The second kappa shape index (κ2) is 11.5. The number of benzene rings is 2. The lowest BCUT2D eigenvalue weighted by Crippen LogP contribution is -2.39. The topological polar surface area (TPSA) is 96.3 Å². The largest absolute Gasteiger partial charge is 0.343 e. The van der Waals surface area contributed by atoms with Gasteiger partial charge in [-0.3, -0.25) is 14.4 Å². The molecule has 0 unspecified atom stereocenters. The molecule has 0 saturated carbocycles. The molecule has 2 aromatic carbocycles. The third-order valence-electron chi connectivity index (χ3n) is 4.92. The molecule has 0 radical (unpaired) electrons. The Morgan fingerprint density at radius 2 is 1.88 bits per heavy atom. The number of nitrogens with zero attached hydrogens (tertiary/aromatic N) is 3. The molecule has 0 spiro atoms. The molecule has 0 aliphatic carbocycles.